The Kier molecular flexibility index (Phi) is 7.17. The summed E-state index contributed by atoms with van der Waals surface area (Å²) in [6, 6.07) is 13.6. The summed E-state index contributed by atoms with van der Waals surface area (Å²) in [6.07, 6.45) is -1.19. The van der Waals surface area contributed by atoms with Gasteiger partial charge < -0.3 is 20.5 Å². The Balaban J connectivity index is 2.34. The zero-order chi connectivity index (χ0) is 19.8. The second kappa shape index (κ2) is 9.57. The van der Waals surface area contributed by atoms with Crippen LogP contribution in [0.15, 0.2) is 42.5 Å². The summed E-state index contributed by atoms with van der Waals surface area (Å²) < 4.78 is 10.4. The van der Waals surface area contributed by atoms with E-state index in [9.17, 15) is 14.9 Å². The van der Waals surface area contributed by atoms with Gasteiger partial charge in [0, 0.05) is 17.1 Å². The predicted molar refractivity (Wildman–Crippen MR) is 99.3 cm³/mol. The lowest BCUT2D eigenvalue weighted by Crippen LogP contribution is -2.27. The standard InChI is InChI=1S/C19H18ClN3O4/c1-26-19(25)23-5-6-27-17(13-3-2-4-16(20)10-13)14-7-12(11-21)8-15(9-14)18(22)24/h2-4,7-10,17H,5-6H2,1H3,(H2,22,24)(H,23,25). The number of nitrogens with two attached hydrogens (primary N) is 1. The van der Waals surface area contributed by atoms with E-state index in [1.165, 1.54) is 13.2 Å². The summed E-state index contributed by atoms with van der Waals surface area (Å²) in [4.78, 5) is 22.7. The number of rotatable bonds is 7. The lowest BCUT2D eigenvalue weighted by molar-refractivity contribution is 0.0805. The molecule has 0 heterocycles. The number of nitrogens with one attached hydrogen (secondary N) is 1. The lowest BCUT2D eigenvalue weighted by atomic mass is 9.97. The smallest absolute Gasteiger partial charge is 0.406 e. The Hall–Kier alpha value is -3.08. The van der Waals surface area contributed by atoms with Crippen LogP contribution in [0.25, 0.3) is 0 Å². The largest absolute Gasteiger partial charge is 0.453 e. The first-order chi connectivity index (χ1) is 12.9. The molecule has 0 aromatic heterocycles. The third-order valence-corrected chi connectivity index (χ3v) is 3.90. The molecule has 8 heteroatoms. The van der Waals surface area contributed by atoms with Crippen LogP contribution in [0.4, 0.5) is 4.79 Å². The number of methoxy groups -OCH3 is 1. The molecule has 0 fully saturated rings. The van der Waals surface area contributed by atoms with Crippen molar-refractivity contribution in [2.24, 2.45) is 5.73 Å². The summed E-state index contributed by atoms with van der Waals surface area (Å²) in [7, 11) is 1.27. The van der Waals surface area contributed by atoms with Gasteiger partial charge in [0.2, 0.25) is 5.91 Å². The number of hydrogen-bond donors (Lipinski definition) is 2. The van der Waals surface area contributed by atoms with Crippen LogP contribution in [0.2, 0.25) is 5.02 Å². The lowest BCUT2D eigenvalue weighted by Gasteiger charge is -2.20. The number of amides is 2. The van der Waals surface area contributed by atoms with Crippen molar-refractivity contribution in [2.75, 3.05) is 20.3 Å². The van der Waals surface area contributed by atoms with Gasteiger partial charge in [-0.15, -0.1) is 0 Å². The molecule has 0 spiro atoms. The SMILES string of the molecule is COC(=O)NCCOC(c1cccc(Cl)c1)c1cc(C#N)cc(C(N)=O)c1. The molecular weight excluding hydrogens is 370 g/mol. The molecule has 2 amide bonds. The van der Waals surface area contributed by atoms with Gasteiger partial charge in [-0.3, -0.25) is 4.79 Å². The average Bonchev–Trinajstić information content (AvgIpc) is 2.67. The molecule has 2 rings (SSSR count). The van der Waals surface area contributed by atoms with Crippen molar-refractivity contribution in [3.8, 4) is 6.07 Å². The number of alkyl carbamates (subject to hydrolysis) is 1. The predicted octanol–water partition coefficient (Wildman–Crippen LogP) is 2.77. The molecule has 0 radical (unpaired) electrons. The molecule has 2 aromatic carbocycles. The average molecular weight is 388 g/mol. The number of carbonyl (C=O) groups is 2. The summed E-state index contributed by atoms with van der Waals surface area (Å²) in [5.41, 5.74) is 7.15. The van der Waals surface area contributed by atoms with Gasteiger partial charge in [-0.2, -0.15) is 5.26 Å². The maximum atomic E-state index is 11.6. The van der Waals surface area contributed by atoms with Crippen LogP contribution in [0.1, 0.15) is 33.2 Å². The molecule has 1 unspecified atom stereocenters. The topological polar surface area (TPSA) is 114 Å². The molecule has 0 aliphatic rings. The Labute approximate surface area is 161 Å². The molecule has 1 atom stereocenters. The van der Waals surface area contributed by atoms with Crippen LogP contribution < -0.4 is 11.1 Å². The highest BCUT2D eigenvalue weighted by atomic mass is 35.5. The Morgan fingerprint density at radius 3 is 2.67 bits per heavy atom. The van der Waals surface area contributed by atoms with E-state index in [1.54, 1.807) is 30.3 Å². The zero-order valence-electron chi connectivity index (χ0n) is 14.6. The van der Waals surface area contributed by atoms with E-state index in [0.717, 1.165) is 5.56 Å². The second-order valence-corrected chi connectivity index (χ2v) is 5.98. The Morgan fingerprint density at radius 1 is 1.26 bits per heavy atom. The first-order valence-corrected chi connectivity index (χ1v) is 8.36. The highest BCUT2D eigenvalue weighted by molar-refractivity contribution is 6.30. The maximum absolute atomic E-state index is 11.6. The first-order valence-electron chi connectivity index (χ1n) is 7.98. The number of carbonyl (C=O) groups excluding carboxylic acids is 2. The van der Waals surface area contributed by atoms with Crippen molar-refractivity contribution in [3.05, 3.63) is 69.7 Å². The number of primary amides is 1. The van der Waals surface area contributed by atoms with Crippen LogP contribution in [0, 0.1) is 11.3 Å². The van der Waals surface area contributed by atoms with E-state index in [0.29, 0.717) is 10.6 Å². The van der Waals surface area contributed by atoms with Crippen LogP contribution >= 0.6 is 11.6 Å². The number of hydrogen-bond acceptors (Lipinski definition) is 5. The van der Waals surface area contributed by atoms with Gasteiger partial charge in [0.25, 0.3) is 0 Å². The molecule has 0 aliphatic heterocycles. The second-order valence-electron chi connectivity index (χ2n) is 5.54. The summed E-state index contributed by atoms with van der Waals surface area (Å²) in [6.45, 7) is 0.374. The minimum atomic E-state index is -0.648. The molecule has 0 aliphatic carbocycles. The minimum Gasteiger partial charge on any atom is -0.453 e. The molecular formula is C19H18ClN3O4. The van der Waals surface area contributed by atoms with Crippen molar-refractivity contribution in [1.82, 2.24) is 5.32 Å². The fraction of sp³-hybridized carbons (Fsp3) is 0.211. The molecule has 2 aromatic rings. The number of halogens is 1. The highest BCUT2D eigenvalue weighted by Crippen LogP contribution is 2.29. The van der Waals surface area contributed by atoms with Gasteiger partial charge in [-0.25, -0.2) is 4.79 Å². The Morgan fingerprint density at radius 2 is 2.04 bits per heavy atom. The van der Waals surface area contributed by atoms with E-state index >= 15 is 0 Å². The van der Waals surface area contributed by atoms with Crippen molar-refractivity contribution in [1.29, 1.82) is 5.26 Å². The van der Waals surface area contributed by atoms with Gasteiger partial charge in [-0.1, -0.05) is 23.7 Å². The van der Waals surface area contributed by atoms with Crippen molar-refractivity contribution in [3.63, 3.8) is 0 Å². The maximum Gasteiger partial charge on any atom is 0.406 e. The molecule has 0 saturated carbocycles. The molecule has 140 valence electrons. The highest BCUT2D eigenvalue weighted by Gasteiger charge is 2.18. The van der Waals surface area contributed by atoms with Crippen molar-refractivity contribution < 1.29 is 19.1 Å². The van der Waals surface area contributed by atoms with Gasteiger partial charge in [-0.05, 0) is 41.5 Å². The van der Waals surface area contributed by atoms with Crippen LogP contribution in [-0.2, 0) is 9.47 Å². The molecule has 0 bridgehead atoms. The number of nitriles is 1. The zero-order valence-corrected chi connectivity index (χ0v) is 15.3. The summed E-state index contributed by atoms with van der Waals surface area (Å²) >= 11 is 6.08. The quantitative estimate of drug-likeness (QED) is 0.709. The van der Waals surface area contributed by atoms with E-state index in [2.05, 4.69) is 10.1 Å². The first kappa shape index (κ1) is 20.2. The molecule has 3 N–H and O–H groups in total. The summed E-state index contributed by atoms with van der Waals surface area (Å²) in [5.74, 6) is -0.648. The van der Waals surface area contributed by atoms with E-state index in [4.69, 9.17) is 22.1 Å². The van der Waals surface area contributed by atoms with E-state index < -0.39 is 18.1 Å². The third-order valence-electron chi connectivity index (χ3n) is 3.66. The van der Waals surface area contributed by atoms with Crippen LogP contribution in [0.3, 0.4) is 0 Å². The fourth-order valence-corrected chi connectivity index (χ4v) is 2.67. The monoisotopic (exact) mass is 387 g/mol. The third kappa shape index (κ3) is 5.71. The normalized spacial score (nSPS) is 11.3. The van der Waals surface area contributed by atoms with Crippen molar-refractivity contribution in [2.45, 2.75) is 6.10 Å². The van der Waals surface area contributed by atoms with E-state index in [-0.39, 0.29) is 24.3 Å². The summed E-state index contributed by atoms with van der Waals surface area (Å²) in [5, 5.41) is 12.3. The Bertz CT molecular complexity index is 879. The van der Waals surface area contributed by atoms with Gasteiger partial charge in [0.05, 0.1) is 25.3 Å². The number of nitrogens with zero attached hydrogens (tertiary/aromatic N) is 1. The molecule has 7 nitrogen and oxygen atoms in total. The van der Waals surface area contributed by atoms with Gasteiger partial charge in [0.15, 0.2) is 0 Å². The number of ether oxygens (including phenoxy) is 2. The fourth-order valence-electron chi connectivity index (χ4n) is 2.47. The minimum absolute atomic E-state index is 0.162. The number of benzene rings is 2. The van der Waals surface area contributed by atoms with Crippen LogP contribution in [0.5, 0.6) is 0 Å². The van der Waals surface area contributed by atoms with Crippen LogP contribution in [-0.4, -0.2) is 32.3 Å². The van der Waals surface area contributed by atoms with E-state index in [1.807, 2.05) is 12.1 Å². The molecule has 27 heavy (non-hydrogen) atoms. The van der Waals surface area contributed by atoms with Crippen molar-refractivity contribution >= 4 is 23.6 Å². The van der Waals surface area contributed by atoms with Gasteiger partial charge in [0.1, 0.15) is 6.10 Å². The van der Waals surface area contributed by atoms with Gasteiger partial charge >= 0.3 is 6.09 Å². The molecule has 0 saturated heterocycles.